The Morgan fingerprint density at radius 2 is 2.00 bits per heavy atom. The third-order valence-electron chi connectivity index (χ3n) is 2.54. The molecule has 0 saturated heterocycles. The van der Waals surface area contributed by atoms with Crippen LogP contribution < -0.4 is 11.3 Å². The number of hydrogen-bond acceptors (Lipinski definition) is 4. The molecule has 96 valence electrons. The number of unbranched alkanes of at least 4 members (excludes halogenated alkanes) is 1. The Bertz CT molecular complexity index is 546. The maximum Gasteiger partial charge on any atom is 0.269 e. The Hall–Kier alpha value is -1.30. The van der Waals surface area contributed by atoms with E-state index in [1.54, 1.807) is 0 Å². The van der Waals surface area contributed by atoms with Crippen LogP contribution in [0.5, 0.6) is 0 Å². The first kappa shape index (κ1) is 13.8. The van der Waals surface area contributed by atoms with E-state index in [4.69, 9.17) is 5.73 Å². The van der Waals surface area contributed by atoms with Crippen molar-refractivity contribution in [2.45, 2.75) is 38.1 Å². The smallest absolute Gasteiger partial charge is 0.269 e. The van der Waals surface area contributed by atoms with E-state index in [1.165, 1.54) is 23.8 Å². The first-order valence-electron chi connectivity index (χ1n) is 5.65. The van der Waals surface area contributed by atoms with Crippen LogP contribution in [0.2, 0.25) is 0 Å². The molecule has 0 radical (unpaired) electrons. The zero-order valence-electron chi connectivity index (χ0n) is 10.1. The van der Waals surface area contributed by atoms with E-state index in [-0.39, 0.29) is 10.6 Å². The van der Waals surface area contributed by atoms with Crippen LogP contribution in [-0.4, -0.2) is 18.7 Å². The van der Waals surface area contributed by atoms with Gasteiger partial charge in [0.2, 0.25) is 0 Å². The minimum atomic E-state index is -3.51. The lowest BCUT2D eigenvalue weighted by atomic mass is 10.3. The summed E-state index contributed by atoms with van der Waals surface area (Å²) in [6.45, 7) is 4.00. The summed E-state index contributed by atoms with van der Waals surface area (Å²) in [7, 11) is -3.51. The number of anilines is 1. The summed E-state index contributed by atoms with van der Waals surface area (Å²) in [4.78, 5) is 11.8. The van der Waals surface area contributed by atoms with Gasteiger partial charge in [0.05, 0.1) is 5.75 Å². The predicted molar refractivity (Wildman–Crippen MR) is 67.7 cm³/mol. The zero-order chi connectivity index (χ0) is 13.1. The Kier molecular flexibility index (Phi) is 4.34. The van der Waals surface area contributed by atoms with Crippen LogP contribution in [-0.2, 0) is 16.4 Å². The molecule has 0 atom stereocenters. The highest BCUT2D eigenvalue weighted by atomic mass is 32.2. The molecule has 1 heterocycles. The van der Waals surface area contributed by atoms with Gasteiger partial charge in [-0.15, -0.1) is 0 Å². The van der Waals surface area contributed by atoms with Crippen molar-refractivity contribution in [1.29, 1.82) is 0 Å². The number of sulfone groups is 1. The standard InChI is InChI=1S/C11H18N2O3S/c1-3-5-6-13-8-9(12)7-10(11(13)14)17(15,16)4-2/h7-8H,3-6,12H2,1-2H3. The summed E-state index contributed by atoms with van der Waals surface area (Å²) in [5, 5.41) is 0. The van der Waals surface area contributed by atoms with Gasteiger partial charge in [0, 0.05) is 18.4 Å². The molecule has 0 fully saturated rings. The molecule has 5 nitrogen and oxygen atoms in total. The minimum absolute atomic E-state index is 0.0977. The van der Waals surface area contributed by atoms with Crippen molar-refractivity contribution in [3.63, 3.8) is 0 Å². The van der Waals surface area contributed by atoms with Crippen molar-refractivity contribution in [3.8, 4) is 0 Å². The predicted octanol–water partition coefficient (Wildman–Crippen LogP) is 1.02. The first-order chi connectivity index (χ1) is 7.92. The SMILES string of the molecule is CCCCn1cc(N)cc(S(=O)(=O)CC)c1=O. The van der Waals surface area contributed by atoms with Gasteiger partial charge in [-0.05, 0) is 12.5 Å². The van der Waals surface area contributed by atoms with E-state index in [2.05, 4.69) is 0 Å². The van der Waals surface area contributed by atoms with Crippen LogP contribution in [0.1, 0.15) is 26.7 Å². The van der Waals surface area contributed by atoms with E-state index in [0.29, 0.717) is 12.2 Å². The van der Waals surface area contributed by atoms with Gasteiger partial charge in [-0.25, -0.2) is 8.42 Å². The van der Waals surface area contributed by atoms with Crippen molar-refractivity contribution in [2.75, 3.05) is 11.5 Å². The summed E-state index contributed by atoms with van der Waals surface area (Å²) in [5.41, 5.74) is 5.45. The summed E-state index contributed by atoms with van der Waals surface area (Å²) in [6.07, 6.45) is 3.23. The molecular weight excluding hydrogens is 240 g/mol. The van der Waals surface area contributed by atoms with Crippen LogP contribution in [0, 0.1) is 0 Å². The van der Waals surface area contributed by atoms with Crippen LogP contribution in [0.25, 0.3) is 0 Å². The topological polar surface area (TPSA) is 82.2 Å². The summed E-state index contributed by atoms with van der Waals surface area (Å²) in [5.74, 6) is -0.0977. The highest BCUT2D eigenvalue weighted by Gasteiger charge is 2.18. The van der Waals surface area contributed by atoms with Gasteiger partial charge < -0.3 is 10.3 Å². The maximum atomic E-state index is 12.0. The Morgan fingerprint density at radius 3 is 2.53 bits per heavy atom. The van der Waals surface area contributed by atoms with Gasteiger partial charge in [0.25, 0.3) is 5.56 Å². The molecule has 0 amide bonds. The number of aromatic nitrogens is 1. The van der Waals surface area contributed by atoms with Crippen LogP contribution in [0.4, 0.5) is 5.69 Å². The molecule has 0 saturated carbocycles. The second kappa shape index (κ2) is 5.35. The fraction of sp³-hybridized carbons (Fsp3) is 0.545. The van der Waals surface area contributed by atoms with E-state index in [0.717, 1.165) is 12.8 Å². The summed E-state index contributed by atoms with van der Waals surface area (Å²) >= 11 is 0. The van der Waals surface area contributed by atoms with Gasteiger partial charge in [-0.2, -0.15) is 0 Å². The molecular formula is C11H18N2O3S. The molecule has 1 aromatic heterocycles. The number of pyridine rings is 1. The molecule has 1 rings (SSSR count). The molecule has 17 heavy (non-hydrogen) atoms. The molecule has 1 aromatic rings. The van der Waals surface area contributed by atoms with Crippen LogP contribution >= 0.6 is 0 Å². The van der Waals surface area contributed by atoms with Crippen molar-refractivity contribution in [2.24, 2.45) is 0 Å². The first-order valence-corrected chi connectivity index (χ1v) is 7.30. The third kappa shape index (κ3) is 3.09. The molecule has 2 N–H and O–H groups in total. The highest BCUT2D eigenvalue weighted by molar-refractivity contribution is 7.91. The van der Waals surface area contributed by atoms with E-state index < -0.39 is 15.4 Å². The fourth-order valence-electron chi connectivity index (χ4n) is 1.50. The minimum Gasteiger partial charge on any atom is -0.398 e. The maximum absolute atomic E-state index is 12.0. The monoisotopic (exact) mass is 258 g/mol. The van der Waals surface area contributed by atoms with Gasteiger partial charge in [-0.1, -0.05) is 20.3 Å². The normalized spacial score (nSPS) is 11.6. The van der Waals surface area contributed by atoms with E-state index in [9.17, 15) is 13.2 Å². The third-order valence-corrected chi connectivity index (χ3v) is 4.26. The number of rotatable bonds is 5. The zero-order valence-corrected chi connectivity index (χ0v) is 11.0. The second-order valence-electron chi connectivity index (χ2n) is 3.89. The quantitative estimate of drug-likeness (QED) is 0.855. The Labute approximate surface area is 101 Å². The Morgan fingerprint density at radius 1 is 1.35 bits per heavy atom. The van der Waals surface area contributed by atoms with Crippen molar-refractivity contribution >= 4 is 15.5 Å². The van der Waals surface area contributed by atoms with Crippen molar-refractivity contribution in [3.05, 3.63) is 22.6 Å². The lowest BCUT2D eigenvalue weighted by molar-refractivity contribution is 0.582. The van der Waals surface area contributed by atoms with Gasteiger partial charge in [-0.3, -0.25) is 4.79 Å². The van der Waals surface area contributed by atoms with E-state index in [1.807, 2.05) is 6.92 Å². The average Bonchev–Trinajstić information content (AvgIpc) is 2.29. The molecule has 0 aliphatic heterocycles. The van der Waals surface area contributed by atoms with E-state index >= 15 is 0 Å². The number of hydrogen-bond donors (Lipinski definition) is 1. The largest absolute Gasteiger partial charge is 0.398 e. The molecule has 0 aliphatic rings. The number of nitrogens with two attached hydrogens (primary N) is 1. The van der Waals surface area contributed by atoms with Gasteiger partial charge >= 0.3 is 0 Å². The number of nitrogen functional groups attached to an aromatic ring is 1. The highest BCUT2D eigenvalue weighted by Crippen LogP contribution is 2.10. The summed E-state index contributed by atoms with van der Waals surface area (Å²) in [6, 6.07) is 1.24. The van der Waals surface area contributed by atoms with Crippen molar-refractivity contribution < 1.29 is 8.42 Å². The molecule has 0 aromatic carbocycles. The summed E-state index contributed by atoms with van der Waals surface area (Å²) < 4.78 is 24.8. The van der Waals surface area contributed by atoms with Crippen LogP contribution in [0.15, 0.2) is 22.0 Å². The van der Waals surface area contributed by atoms with Crippen molar-refractivity contribution in [1.82, 2.24) is 4.57 Å². The molecule has 0 aliphatic carbocycles. The fourth-order valence-corrected chi connectivity index (χ4v) is 2.51. The average molecular weight is 258 g/mol. The second-order valence-corrected chi connectivity index (χ2v) is 6.14. The number of nitrogens with zero attached hydrogens (tertiary/aromatic N) is 1. The van der Waals surface area contributed by atoms with Crippen LogP contribution in [0.3, 0.4) is 0 Å². The number of aryl methyl sites for hydroxylation is 1. The van der Waals surface area contributed by atoms with Gasteiger partial charge in [0.1, 0.15) is 4.90 Å². The molecule has 6 heteroatoms. The molecule has 0 bridgehead atoms. The van der Waals surface area contributed by atoms with Gasteiger partial charge in [0.15, 0.2) is 9.84 Å². The lowest BCUT2D eigenvalue weighted by Crippen LogP contribution is -2.27. The Balaban J connectivity index is 3.34. The molecule has 0 unspecified atom stereocenters. The molecule has 0 spiro atoms. The lowest BCUT2D eigenvalue weighted by Gasteiger charge is -2.09.